The monoisotopic (exact) mass is 280 g/mol. The van der Waals surface area contributed by atoms with Crippen molar-refractivity contribution >= 4 is 11.9 Å². The molecule has 0 radical (unpaired) electrons. The first-order chi connectivity index (χ1) is 9.24. The van der Waals surface area contributed by atoms with Crippen LogP contribution in [0.4, 0.5) is 0 Å². The summed E-state index contributed by atoms with van der Waals surface area (Å²) in [6.07, 6.45) is 1.57. The maximum atomic E-state index is 12.6. The van der Waals surface area contributed by atoms with E-state index in [1.54, 1.807) is 13.8 Å². The van der Waals surface area contributed by atoms with Crippen molar-refractivity contribution in [3.05, 3.63) is 17.3 Å². The maximum Gasteiger partial charge on any atom is 0.326 e. The second kappa shape index (κ2) is 4.92. The Morgan fingerprint density at radius 3 is 2.55 bits per heavy atom. The van der Waals surface area contributed by atoms with Gasteiger partial charge in [-0.25, -0.2) is 9.78 Å². The number of carboxylic acids is 1. The molecule has 1 aromatic rings. The van der Waals surface area contributed by atoms with E-state index < -0.39 is 17.4 Å². The standard InChI is InChI=1S/C14H20N2O4/c1-8-10(20-9(2)15-8)12(17)16-7-5-6-14(3,4)11(16)13(18)19/h11H,5-7H2,1-4H3,(H,18,19). The molecule has 1 unspecified atom stereocenters. The summed E-state index contributed by atoms with van der Waals surface area (Å²) in [5.41, 5.74) is 0.0444. The zero-order valence-corrected chi connectivity index (χ0v) is 12.3. The number of carboxylic acid groups (broad SMARTS) is 1. The molecule has 2 rings (SSSR count). The fraction of sp³-hybridized carbons (Fsp3) is 0.643. The molecule has 1 aliphatic rings. The third kappa shape index (κ3) is 2.42. The van der Waals surface area contributed by atoms with Crippen molar-refractivity contribution in [3.63, 3.8) is 0 Å². The summed E-state index contributed by atoms with van der Waals surface area (Å²) in [5, 5.41) is 9.47. The van der Waals surface area contributed by atoms with Gasteiger partial charge in [0.15, 0.2) is 5.89 Å². The van der Waals surface area contributed by atoms with Crippen LogP contribution in [0.5, 0.6) is 0 Å². The third-order valence-corrected chi connectivity index (χ3v) is 3.86. The zero-order chi connectivity index (χ0) is 15.1. The van der Waals surface area contributed by atoms with E-state index in [0.717, 1.165) is 12.8 Å². The summed E-state index contributed by atoms with van der Waals surface area (Å²) in [6.45, 7) is 7.54. The van der Waals surface area contributed by atoms with Crippen molar-refractivity contribution in [1.29, 1.82) is 0 Å². The van der Waals surface area contributed by atoms with E-state index in [0.29, 0.717) is 18.1 Å². The number of aromatic nitrogens is 1. The number of aliphatic carboxylic acids is 1. The number of nitrogens with zero attached hydrogens (tertiary/aromatic N) is 2. The van der Waals surface area contributed by atoms with Gasteiger partial charge >= 0.3 is 5.97 Å². The first-order valence-electron chi connectivity index (χ1n) is 6.72. The lowest BCUT2D eigenvalue weighted by atomic mass is 9.76. The molecule has 0 aliphatic carbocycles. The van der Waals surface area contributed by atoms with Gasteiger partial charge in [0.05, 0.1) is 5.69 Å². The van der Waals surface area contributed by atoms with Crippen LogP contribution in [0.2, 0.25) is 0 Å². The van der Waals surface area contributed by atoms with Crippen LogP contribution in [0, 0.1) is 19.3 Å². The van der Waals surface area contributed by atoms with Crippen molar-refractivity contribution in [2.75, 3.05) is 6.54 Å². The molecule has 6 heteroatoms. The number of carbonyl (C=O) groups excluding carboxylic acids is 1. The van der Waals surface area contributed by atoms with E-state index in [-0.39, 0.29) is 11.7 Å². The van der Waals surface area contributed by atoms with E-state index in [1.165, 1.54) is 4.90 Å². The predicted molar refractivity (Wildman–Crippen MR) is 71.5 cm³/mol. The summed E-state index contributed by atoms with van der Waals surface area (Å²) < 4.78 is 5.33. The third-order valence-electron chi connectivity index (χ3n) is 3.86. The number of amides is 1. The Kier molecular flexibility index (Phi) is 3.58. The number of hydrogen-bond acceptors (Lipinski definition) is 4. The molecule has 2 heterocycles. The van der Waals surface area contributed by atoms with E-state index in [4.69, 9.17) is 4.42 Å². The number of rotatable bonds is 2. The molecule has 0 bridgehead atoms. The zero-order valence-electron chi connectivity index (χ0n) is 12.3. The average molecular weight is 280 g/mol. The van der Waals surface area contributed by atoms with Gasteiger partial charge in [-0.15, -0.1) is 0 Å². The SMILES string of the molecule is Cc1nc(C)c(C(=O)N2CCCC(C)(C)C2C(=O)O)o1. The summed E-state index contributed by atoms with van der Waals surface area (Å²) in [4.78, 5) is 29.6. The van der Waals surface area contributed by atoms with Crippen LogP contribution in [-0.4, -0.2) is 39.5 Å². The Balaban J connectivity index is 2.36. The number of hydrogen-bond donors (Lipinski definition) is 1. The maximum absolute atomic E-state index is 12.6. The van der Waals surface area contributed by atoms with Gasteiger partial charge in [-0.2, -0.15) is 0 Å². The summed E-state index contributed by atoms with van der Waals surface area (Å²) in [6, 6.07) is -0.839. The number of likely N-dealkylation sites (tertiary alicyclic amines) is 1. The average Bonchev–Trinajstić information content (AvgIpc) is 2.65. The Bertz CT molecular complexity index is 547. The predicted octanol–water partition coefficient (Wildman–Crippen LogP) is 2.01. The molecule has 0 spiro atoms. The molecule has 1 aromatic heterocycles. The van der Waals surface area contributed by atoms with Crippen LogP contribution in [0.25, 0.3) is 0 Å². The van der Waals surface area contributed by atoms with Crippen molar-refractivity contribution in [2.24, 2.45) is 5.41 Å². The Hall–Kier alpha value is -1.85. The quantitative estimate of drug-likeness (QED) is 0.895. The second-order valence-corrected chi connectivity index (χ2v) is 5.98. The van der Waals surface area contributed by atoms with Gasteiger partial charge in [0.25, 0.3) is 5.91 Å². The molecule has 1 atom stereocenters. The van der Waals surface area contributed by atoms with Crippen molar-refractivity contribution < 1.29 is 19.1 Å². The fourth-order valence-corrected chi connectivity index (χ4v) is 2.94. The van der Waals surface area contributed by atoms with Gasteiger partial charge in [-0.3, -0.25) is 4.79 Å². The summed E-state index contributed by atoms with van der Waals surface area (Å²) in [7, 11) is 0. The van der Waals surface area contributed by atoms with Crippen LogP contribution in [0.15, 0.2) is 4.42 Å². The van der Waals surface area contributed by atoms with Crippen LogP contribution in [0.3, 0.4) is 0 Å². The molecule has 110 valence electrons. The highest BCUT2D eigenvalue weighted by Crippen LogP contribution is 2.36. The smallest absolute Gasteiger partial charge is 0.326 e. The van der Waals surface area contributed by atoms with Gasteiger partial charge in [0.2, 0.25) is 5.76 Å². The minimum Gasteiger partial charge on any atom is -0.480 e. The minimum atomic E-state index is -0.975. The molecule has 20 heavy (non-hydrogen) atoms. The summed E-state index contributed by atoms with van der Waals surface area (Å²) in [5.74, 6) is -0.805. The highest BCUT2D eigenvalue weighted by atomic mass is 16.4. The molecule has 6 nitrogen and oxygen atoms in total. The summed E-state index contributed by atoms with van der Waals surface area (Å²) >= 11 is 0. The molecule has 1 aliphatic heterocycles. The lowest BCUT2D eigenvalue weighted by Crippen LogP contribution is -2.56. The normalized spacial score (nSPS) is 21.8. The molecule has 0 saturated carbocycles. The van der Waals surface area contributed by atoms with Gasteiger partial charge < -0.3 is 14.4 Å². The van der Waals surface area contributed by atoms with Gasteiger partial charge in [0.1, 0.15) is 6.04 Å². The first kappa shape index (κ1) is 14.6. The van der Waals surface area contributed by atoms with Crippen molar-refractivity contribution in [1.82, 2.24) is 9.88 Å². The lowest BCUT2D eigenvalue weighted by Gasteiger charge is -2.43. The minimum absolute atomic E-state index is 0.145. The molecule has 1 N–H and O–H groups in total. The van der Waals surface area contributed by atoms with Crippen molar-refractivity contribution in [3.8, 4) is 0 Å². The molecule has 1 amide bonds. The molecular weight excluding hydrogens is 260 g/mol. The van der Waals surface area contributed by atoms with E-state index in [9.17, 15) is 14.7 Å². The van der Waals surface area contributed by atoms with Gasteiger partial charge in [-0.05, 0) is 25.2 Å². The number of carbonyl (C=O) groups is 2. The Labute approximate surface area is 117 Å². The van der Waals surface area contributed by atoms with Gasteiger partial charge in [0, 0.05) is 13.5 Å². The molecule has 1 fully saturated rings. The lowest BCUT2D eigenvalue weighted by molar-refractivity contribution is -0.148. The molecular formula is C14H20N2O4. The topological polar surface area (TPSA) is 83.6 Å². The Morgan fingerprint density at radius 1 is 1.40 bits per heavy atom. The van der Waals surface area contributed by atoms with Crippen LogP contribution >= 0.6 is 0 Å². The van der Waals surface area contributed by atoms with Gasteiger partial charge in [-0.1, -0.05) is 13.8 Å². The van der Waals surface area contributed by atoms with Crippen LogP contribution < -0.4 is 0 Å². The highest BCUT2D eigenvalue weighted by molar-refractivity contribution is 5.95. The highest BCUT2D eigenvalue weighted by Gasteiger charge is 2.45. The first-order valence-corrected chi connectivity index (χ1v) is 6.72. The molecule has 1 saturated heterocycles. The number of piperidine rings is 1. The second-order valence-electron chi connectivity index (χ2n) is 5.98. The van der Waals surface area contributed by atoms with E-state index >= 15 is 0 Å². The van der Waals surface area contributed by atoms with Crippen LogP contribution in [0.1, 0.15) is 48.8 Å². The number of oxazole rings is 1. The fourth-order valence-electron chi connectivity index (χ4n) is 2.94. The van der Waals surface area contributed by atoms with Crippen LogP contribution in [-0.2, 0) is 4.79 Å². The van der Waals surface area contributed by atoms with E-state index in [2.05, 4.69) is 4.98 Å². The van der Waals surface area contributed by atoms with E-state index in [1.807, 2.05) is 13.8 Å². The molecule has 0 aromatic carbocycles. The Morgan fingerprint density at radius 2 is 2.05 bits per heavy atom. The number of aryl methyl sites for hydroxylation is 2. The largest absolute Gasteiger partial charge is 0.480 e. The van der Waals surface area contributed by atoms with Crippen molar-refractivity contribution in [2.45, 2.75) is 46.6 Å².